The first-order valence-corrected chi connectivity index (χ1v) is 7.96. The normalized spacial score (nSPS) is 24.7. The molecule has 108 valence electrons. The van der Waals surface area contributed by atoms with Crippen molar-refractivity contribution >= 4 is 0 Å². The maximum Gasteiger partial charge on any atom is 0.0306 e. The van der Waals surface area contributed by atoms with Crippen LogP contribution >= 0.6 is 0 Å². The Kier molecular flexibility index (Phi) is 6.65. The number of nitrogens with one attached hydrogen (secondary N) is 2. The van der Waals surface area contributed by atoms with Crippen LogP contribution in [-0.2, 0) is 0 Å². The SMILES string of the molecule is CCCC1(CNCC(C(C)C)C(C)C)CCCN1. The highest BCUT2D eigenvalue weighted by molar-refractivity contribution is 4.94. The summed E-state index contributed by atoms with van der Waals surface area (Å²) in [6.07, 6.45) is 5.29. The van der Waals surface area contributed by atoms with Crippen molar-refractivity contribution in [1.82, 2.24) is 10.6 Å². The molecule has 0 aromatic rings. The Balaban J connectivity index is 2.38. The Morgan fingerprint density at radius 3 is 2.28 bits per heavy atom. The van der Waals surface area contributed by atoms with Gasteiger partial charge in [0.25, 0.3) is 0 Å². The van der Waals surface area contributed by atoms with Crippen LogP contribution in [0.2, 0.25) is 0 Å². The van der Waals surface area contributed by atoms with E-state index in [4.69, 9.17) is 0 Å². The van der Waals surface area contributed by atoms with Gasteiger partial charge < -0.3 is 10.6 Å². The van der Waals surface area contributed by atoms with Gasteiger partial charge >= 0.3 is 0 Å². The van der Waals surface area contributed by atoms with Gasteiger partial charge in [-0.1, -0.05) is 41.0 Å². The third kappa shape index (κ3) is 4.55. The largest absolute Gasteiger partial charge is 0.315 e. The first-order valence-electron chi connectivity index (χ1n) is 7.96. The zero-order chi connectivity index (χ0) is 13.6. The molecule has 0 amide bonds. The van der Waals surface area contributed by atoms with Gasteiger partial charge in [0, 0.05) is 12.1 Å². The van der Waals surface area contributed by atoms with E-state index in [9.17, 15) is 0 Å². The van der Waals surface area contributed by atoms with Gasteiger partial charge in [-0.15, -0.1) is 0 Å². The van der Waals surface area contributed by atoms with Crippen LogP contribution in [0.4, 0.5) is 0 Å². The lowest BCUT2D eigenvalue weighted by molar-refractivity contribution is 0.253. The average molecular weight is 254 g/mol. The topological polar surface area (TPSA) is 24.1 Å². The van der Waals surface area contributed by atoms with E-state index in [1.165, 1.54) is 38.8 Å². The van der Waals surface area contributed by atoms with Crippen LogP contribution in [0.25, 0.3) is 0 Å². The third-order valence-electron chi connectivity index (χ3n) is 4.62. The zero-order valence-electron chi connectivity index (χ0n) is 13.2. The van der Waals surface area contributed by atoms with E-state index in [1.54, 1.807) is 0 Å². The average Bonchev–Trinajstić information content (AvgIpc) is 2.73. The van der Waals surface area contributed by atoms with Gasteiger partial charge in [0.2, 0.25) is 0 Å². The van der Waals surface area contributed by atoms with Gasteiger partial charge in [0.1, 0.15) is 0 Å². The van der Waals surface area contributed by atoms with E-state index in [0.29, 0.717) is 5.54 Å². The van der Waals surface area contributed by atoms with Crippen molar-refractivity contribution in [2.45, 2.75) is 65.8 Å². The van der Waals surface area contributed by atoms with Crippen molar-refractivity contribution in [3.05, 3.63) is 0 Å². The predicted octanol–water partition coefficient (Wildman–Crippen LogP) is 3.43. The molecule has 1 aliphatic heterocycles. The van der Waals surface area contributed by atoms with Gasteiger partial charge in [-0.3, -0.25) is 0 Å². The smallest absolute Gasteiger partial charge is 0.0306 e. The molecular weight excluding hydrogens is 220 g/mol. The minimum atomic E-state index is 0.396. The van der Waals surface area contributed by atoms with Crippen LogP contribution in [0.15, 0.2) is 0 Å². The van der Waals surface area contributed by atoms with Crippen LogP contribution in [0, 0.1) is 17.8 Å². The highest BCUT2D eigenvalue weighted by Gasteiger charge is 2.32. The second-order valence-corrected chi connectivity index (χ2v) is 6.84. The molecule has 0 bridgehead atoms. The summed E-state index contributed by atoms with van der Waals surface area (Å²) in [5.74, 6) is 2.34. The van der Waals surface area contributed by atoms with Gasteiger partial charge in [0.05, 0.1) is 0 Å². The number of hydrogen-bond donors (Lipinski definition) is 2. The molecular formula is C16H34N2. The van der Waals surface area contributed by atoms with Crippen molar-refractivity contribution in [2.24, 2.45) is 17.8 Å². The van der Waals surface area contributed by atoms with Crippen LogP contribution in [-0.4, -0.2) is 25.2 Å². The summed E-state index contributed by atoms with van der Waals surface area (Å²) in [5, 5.41) is 7.49. The minimum Gasteiger partial charge on any atom is -0.315 e. The molecule has 2 nitrogen and oxygen atoms in total. The van der Waals surface area contributed by atoms with Gasteiger partial charge in [0.15, 0.2) is 0 Å². The summed E-state index contributed by atoms with van der Waals surface area (Å²) in [6.45, 7) is 15.2. The van der Waals surface area contributed by atoms with E-state index in [1.807, 2.05) is 0 Å². The van der Waals surface area contributed by atoms with Crippen molar-refractivity contribution in [3.8, 4) is 0 Å². The molecule has 18 heavy (non-hydrogen) atoms. The van der Waals surface area contributed by atoms with Crippen LogP contribution in [0.5, 0.6) is 0 Å². The highest BCUT2D eigenvalue weighted by Crippen LogP contribution is 2.25. The first kappa shape index (κ1) is 16.0. The molecule has 1 aliphatic rings. The quantitative estimate of drug-likeness (QED) is 0.693. The molecule has 0 aromatic carbocycles. The fourth-order valence-corrected chi connectivity index (χ4v) is 3.52. The standard InChI is InChI=1S/C16H34N2/c1-6-8-16(9-7-10-18-16)12-17-11-15(13(2)3)14(4)5/h13-15,17-18H,6-12H2,1-5H3. The molecule has 0 aliphatic carbocycles. The second kappa shape index (κ2) is 7.49. The number of rotatable bonds is 8. The number of hydrogen-bond acceptors (Lipinski definition) is 2. The fraction of sp³-hybridized carbons (Fsp3) is 1.00. The van der Waals surface area contributed by atoms with E-state index in [0.717, 1.165) is 24.3 Å². The highest BCUT2D eigenvalue weighted by atomic mass is 15.1. The van der Waals surface area contributed by atoms with Crippen molar-refractivity contribution < 1.29 is 0 Å². The molecule has 0 aromatic heterocycles. The third-order valence-corrected chi connectivity index (χ3v) is 4.62. The van der Waals surface area contributed by atoms with Crippen LogP contribution < -0.4 is 10.6 Å². The zero-order valence-corrected chi connectivity index (χ0v) is 13.2. The summed E-state index contributed by atoms with van der Waals surface area (Å²) in [7, 11) is 0. The van der Waals surface area contributed by atoms with E-state index >= 15 is 0 Å². The van der Waals surface area contributed by atoms with Crippen molar-refractivity contribution in [3.63, 3.8) is 0 Å². The molecule has 0 saturated carbocycles. The van der Waals surface area contributed by atoms with E-state index in [2.05, 4.69) is 45.3 Å². The molecule has 1 saturated heterocycles. The Labute approximate surface area is 114 Å². The monoisotopic (exact) mass is 254 g/mol. The Hall–Kier alpha value is -0.0800. The lowest BCUT2D eigenvalue weighted by Gasteiger charge is -2.32. The maximum absolute atomic E-state index is 3.75. The van der Waals surface area contributed by atoms with Crippen LogP contribution in [0.3, 0.4) is 0 Å². The Morgan fingerprint density at radius 1 is 1.17 bits per heavy atom. The Bertz CT molecular complexity index is 209. The van der Waals surface area contributed by atoms with E-state index in [-0.39, 0.29) is 0 Å². The molecule has 0 radical (unpaired) electrons. The lowest BCUT2D eigenvalue weighted by atomic mass is 9.85. The molecule has 0 spiro atoms. The second-order valence-electron chi connectivity index (χ2n) is 6.84. The summed E-state index contributed by atoms with van der Waals surface area (Å²) in [6, 6.07) is 0. The van der Waals surface area contributed by atoms with Crippen molar-refractivity contribution in [2.75, 3.05) is 19.6 Å². The summed E-state index contributed by atoms with van der Waals surface area (Å²) < 4.78 is 0. The summed E-state index contributed by atoms with van der Waals surface area (Å²) in [4.78, 5) is 0. The molecule has 2 heteroatoms. The molecule has 1 rings (SSSR count). The van der Waals surface area contributed by atoms with Crippen molar-refractivity contribution in [1.29, 1.82) is 0 Å². The molecule has 1 unspecified atom stereocenters. The molecule has 2 N–H and O–H groups in total. The first-order chi connectivity index (χ1) is 8.51. The lowest BCUT2D eigenvalue weighted by Crippen LogP contribution is -2.49. The minimum absolute atomic E-state index is 0.396. The summed E-state index contributed by atoms with van der Waals surface area (Å²) in [5.41, 5.74) is 0.396. The molecule has 1 atom stereocenters. The van der Waals surface area contributed by atoms with E-state index < -0.39 is 0 Å². The van der Waals surface area contributed by atoms with Gasteiger partial charge in [-0.05, 0) is 50.1 Å². The molecule has 1 fully saturated rings. The van der Waals surface area contributed by atoms with Gasteiger partial charge in [-0.2, -0.15) is 0 Å². The predicted molar refractivity (Wildman–Crippen MR) is 80.9 cm³/mol. The fourth-order valence-electron chi connectivity index (χ4n) is 3.52. The summed E-state index contributed by atoms with van der Waals surface area (Å²) >= 11 is 0. The van der Waals surface area contributed by atoms with Crippen LogP contribution in [0.1, 0.15) is 60.3 Å². The molecule has 1 heterocycles. The maximum atomic E-state index is 3.75. The van der Waals surface area contributed by atoms with Gasteiger partial charge in [-0.25, -0.2) is 0 Å². The Morgan fingerprint density at radius 2 is 1.83 bits per heavy atom.